The molecule has 1 aliphatic heterocycles. The lowest BCUT2D eigenvalue weighted by Gasteiger charge is -2.05. The SMILES string of the molecule is OC1NC=CC=CO1. The molecule has 0 saturated heterocycles. The van der Waals surface area contributed by atoms with E-state index in [9.17, 15) is 0 Å². The normalized spacial score (nSPS) is 25.9. The zero-order valence-electron chi connectivity index (χ0n) is 4.24. The van der Waals surface area contributed by atoms with Crippen LogP contribution in [0.2, 0.25) is 0 Å². The molecule has 0 fully saturated rings. The van der Waals surface area contributed by atoms with Gasteiger partial charge in [0, 0.05) is 6.20 Å². The Bertz CT molecular complexity index is 106. The van der Waals surface area contributed by atoms with E-state index >= 15 is 0 Å². The van der Waals surface area contributed by atoms with Gasteiger partial charge in [-0.25, -0.2) is 0 Å². The summed E-state index contributed by atoms with van der Waals surface area (Å²) in [5.41, 5.74) is 0. The predicted molar refractivity (Wildman–Crippen MR) is 28.5 cm³/mol. The van der Waals surface area contributed by atoms with Crippen LogP contribution in [0.3, 0.4) is 0 Å². The zero-order valence-corrected chi connectivity index (χ0v) is 4.24. The molecule has 44 valence electrons. The molecule has 0 saturated carbocycles. The van der Waals surface area contributed by atoms with Gasteiger partial charge in [0.2, 0.25) is 0 Å². The molecule has 3 heteroatoms. The van der Waals surface area contributed by atoms with Gasteiger partial charge in [-0.15, -0.1) is 0 Å². The van der Waals surface area contributed by atoms with Crippen LogP contribution in [0.15, 0.2) is 24.6 Å². The van der Waals surface area contributed by atoms with Crippen molar-refractivity contribution in [2.24, 2.45) is 0 Å². The van der Waals surface area contributed by atoms with Gasteiger partial charge in [-0.3, -0.25) is 0 Å². The molecule has 0 aromatic rings. The third-order valence-corrected chi connectivity index (χ3v) is 0.732. The Morgan fingerprint density at radius 2 is 2.38 bits per heavy atom. The number of rotatable bonds is 0. The second-order valence-corrected chi connectivity index (χ2v) is 1.34. The molecular weight excluding hydrogens is 106 g/mol. The van der Waals surface area contributed by atoms with Crippen molar-refractivity contribution in [2.75, 3.05) is 0 Å². The fourth-order valence-electron chi connectivity index (χ4n) is 0.398. The van der Waals surface area contributed by atoms with E-state index in [0.717, 1.165) is 0 Å². The molecule has 2 N–H and O–H groups in total. The number of hydrogen-bond donors (Lipinski definition) is 2. The number of allylic oxidation sites excluding steroid dienone is 2. The molecule has 3 nitrogen and oxygen atoms in total. The highest BCUT2D eigenvalue weighted by molar-refractivity contribution is 5.00. The van der Waals surface area contributed by atoms with Crippen molar-refractivity contribution in [3.8, 4) is 0 Å². The average Bonchev–Trinajstić information content (AvgIpc) is 1.94. The molecule has 1 aliphatic rings. The highest BCUT2D eigenvalue weighted by atomic mass is 16.6. The molecule has 0 amide bonds. The zero-order chi connectivity index (χ0) is 5.82. The third kappa shape index (κ3) is 1.27. The van der Waals surface area contributed by atoms with Gasteiger partial charge in [0.1, 0.15) is 0 Å². The molecule has 0 aliphatic carbocycles. The smallest absolute Gasteiger partial charge is 0.277 e. The van der Waals surface area contributed by atoms with E-state index in [1.165, 1.54) is 6.26 Å². The lowest BCUT2D eigenvalue weighted by molar-refractivity contribution is -0.0649. The fraction of sp³-hybridized carbons (Fsp3) is 0.200. The maximum atomic E-state index is 8.65. The number of aliphatic hydroxyl groups is 1. The van der Waals surface area contributed by atoms with Gasteiger partial charge in [-0.1, -0.05) is 0 Å². The minimum absolute atomic E-state index is 0.898. The standard InChI is InChI=1S/C5H7NO2/c7-5-6-3-1-2-4-8-5/h1-7H. The number of nitrogens with one attached hydrogen (secondary N) is 1. The Morgan fingerprint density at radius 1 is 1.50 bits per heavy atom. The second-order valence-electron chi connectivity index (χ2n) is 1.34. The summed E-state index contributed by atoms with van der Waals surface area (Å²) in [7, 11) is 0. The summed E-state index contributed by atoms with van der Waals surface area (Å²) in [6, 6.07) is 0. The summed E-state index contributed by atoms with van der Waals surface area (Å²) in [4.78, 5) is 0. The van der Waals surface area contributed by atoms with Crippen LogP contribution in [0, 0.1) is 0 Å². The summed E-state index contributed by atoms with van der Waals surface area (Å²) in [6.45, 7) is 0. The van der Waals surface area contributed by atoms with Crippen molar-refractivity contribution >= 4 is 0 Å². The van der Waals surface area contributed by atoms with Crippen molar-refractivity contribution in [2.45, 2.75) is 6.41 Å². The van der Waals surface area contributed by atoms with E-state index in [4.69, 9.17) is 5.11 Å². The molecule has 0 spiro atoms. The van der Waals surface area contributed by atoms with E-state index in [1.807, 2.05) is 0 Å². The first-order valence-corrected chi connectivity index (χ1v) is 2.31. The molecule has 1 rings (SSSR count). The van der Waals surface area contributed by atoms with Crippen LogP contribution in [0.25, 0.3) is 0 Å². The monoisotopic (exact) mass is 113 g/mol. The summed E-state index contributed by atoms with van der Waals surface area (Å²) in [5.74, 6) is 0. The summed E-state index contributed by atoms with van der Waals surface area (Å²) >= 11 is 0. The van der Waals surface area contributed by atoms with Crippen molar-refractivity contribution < 1.29 is 9.84 Å². The Labute approximate surface area is 47.3 Å². The maximum Gasteiger partial charge on any atom is 0.277 e. The lowest BCUT2D eigenvalue weighted by Crippen LogP contribution is -2.23. The van der Waals surface area contributed by atoms with Gasteiger partial charge in [-0.05, 0) is 12.2 Å². The van der Waals surface area contributed by atoms with Crippen LogP contribution in [-0.2, 0) is 4.74 Å². The van der Waals surface area contributed by atoms with Crippen LogP contribution in [0.4, 0.5) is 0 Å². The maximum absolute atomic E-state index is 8.65. The summed E-state index contributed by atoms with van der Waals surface area (Å²) < 4.78 is 4.60. The molecule has 1 atom stereocenters. The Balaban J connectivity index is 2.45. The van der Waals surface area contributed by atoms with Crippen molar-refractivity contribution in [1.82, 2.24) is 5.32 Å². The van der Waals surface area contributed by atoms with Crippen molar-refractivity contribution in [3.63, 3.8) is 0 Å². The van der Waals surface area contributed by atoms with Gasteiger partial charge in [0.15, 0.2) is 0 Å². The number of hydrogen-bond acceptors (Lipinski definition) is 3. The van der Waals surface area contributed by atoms with Gasteiger partial charge >= 0.3 is 0 Å². The summed E-state index contributed by atoms with van der Waals surface area (Å²) in [6.07, 6.45) is 5.54. The minimum Gasteiger partial charge on any atom is -0.455 e. The van der Waals surface area contributed by atoms with Crippen LogP contribution in [-0.4, -0.2) is 11.5 Å². The van der Waals surface area contributed by atoms with E-state index in [0.29, 0.717) is 0 Å². The highest BCUT2D eigenvalue weighted by Crippen LogP contribution is 1.88. The molecule has 8 heavy (non-hydrogen) atoms. The quantitative estimate of drug-likeness (QED) is 0.461. The van der Waals surface area contributed by atoms with E-state index in [-0.39, 0.29) is 0 Å². The average molecular weight is 113 g/mol. The largest absolute Gasteiger partial charge is 0.455 e. The van der Waals surface area contributed by atoms with Crippen molar-refractivity contribution in [3.05, 3.63) is 24.6 Å². The topological polar surface area (TPSA) is 41.5 Å². The van der Waals surface area contributed by atoms with Crippen LogP contribution >= 0.6 is 0 Å². The van der Waals surface area contributed by atoms with Crippen LogP contribution in [0.1, 0.15) is 0 Å². The van der Waals surface area contributed by atoms with Gasteiger partial charge < -0.3 is 15.2 Å². The van der Waals surface area contributed by atoms with Gasteiger partial charge in [0.25, 0.3) is 6.41 Å². The molecule has 0 bridgehead atoms. The molecular formula is C5H7NO2. The number of ether oxygens (including phenoxy) is 1. The Kier molecular flexibility index (Phi) is 1.54. The highest BCUT2D eigenvalue weighted by Gasteiger charge is 1.95. The fourth-order valence-corrected chi connectivity index (χ4v) is 0.398. The third-order valence-electron chi connectivity index (χ3n) is 0.732. The first-order chi connectivity index (χ1) is 3.89. The number of aliphatic hydroxyl groups excluding tert-OH is 1. The predicted octanol–water partition coefficient (Wildman–Crippen LogP) is -0.0905. The van der Waals surface area contributed by atoms with Crippen LogP contribution in [0.5, 0.6) is 0 Å². The van der Waals surface area contributed by atoms with Crippen LogP contribution < -0.4 is 5.32 Å². The van der Waals surface area contributed by atoms with Crippen molar-refractivity contribution in [1.29, 1.82) is 0 Å². The summed E-state index contributed by atoms with van der Waals surface area (Å²) in [5, 5.41) is 11.2. The molecule has 0 aromatic heterocycles. The second kappa shape index (κ2) is 2.37. The molecule has 1 unspecified atom stereocenters. The minimum atomic E-state index is -0.898. The van der Waals surface area contributed by atoms with E-state index in [2.05, 4.69) is 10.1 Å². The van der Waals surface area contributed by atoms with Gasteiger partial charge in [-0.2, -0.15) is 0 Å². The first kappa shape index (κ1) is 5.18. The van der Waals surface area contributed by atoms with Gasteiger partial charge in [0.05, 0.1) is 6.26 Å². The Hall–Kier alpha value is -0.960. The lowest BCUT2D eigenvalue weighted by atomic mass is 10.6. The molecule has 0 radical (unpaired) electrons. The Morgan fingerprint density at radius 3 is 3.25 bits per heavy atom. The van der Waals surface area contributed by atoms with E-state index in [1.54, 1.807) is 18.4 Å². The first-order valence-electron chi connectivity index (χ1n) is 2.31. The van der Waals surface area contributed by atoms with E-state index < -0.39 is 6.41 Å². The molecule has 1 heterocycles. The molecule has 0 aromatic carbocycles.